The lowest BCUT2D eigenvalue weighted by atomic mass is 10.1. The van der Waals surface area contributed by atoms with E-state index < -0.39 is 0 Å². The van der Waals surface area contributed by atoms with Crippen LogP contribution in [0.25, 0.3) is 6.08 Å². The molecule has 0 unspecified atom stereocenters. The summed E-state index contributed by atoms with van der Waals surface area (Å²) in [6.45, 7) is 2.10. The van der Waals surface area contributed by atoms with Gasteiger partial charge >= 0.3 is 0 Å². The summed E-state index contributed by atoms with van der Waals surface area (Å²) in [5.74, 6) is -0.102. The van der Waals surface area contributed by atoms with Crippen LogP contribution in [0.3, 0.4) is 0 Å². The van der Waals surface area contributed by atoms with Crippen molar-refractivity contribution in [1.82, 2.24) is 5.32 Å². The Morgan fingerprint density at radius 2 is 1.84 bits per heavy atom. The van der Waals surface area contributed by atoms with E-state index in [2.05, 4.69) is 23.3 Å². The molecule has 25 heavy (non-hydrogen) atoms. The van der Waals surface area contributed by atoms with Gasteiger partial charge in [0.1, 0.15) is 0 Å². The Morgan fingerprint density at radius 1 is 1.12 bits per heavy atom. The molecule has 5 heteroatoms. The average molecular weight is 351 g/mol. The highest BCUT2D eigenvalue weighted by molar-refractivity contribution is 8.18. The van der Waals surface area contributed by atoms with Crippen molar-refractivity contribution < 1.29 is 4.79 Å². The number of aryl methyl sites for hydroxylation is 1. The van der Waals surface area contributed by atoms with E-state index in [-0.39, 0.29) is 5.91 Å². The van der Waals surface area contributed by atoms with Crippen LogP contribution in [-0.4, -0.2) is 25.2 Å². The molecule has 1 N–H and O–H groups in total. The predicted octanol–water partition coefficient (Wildman–Crippen LogP) is 4.21. The number of nitrogens with zero attached hydrogens (tertiary/aromatic N) is 2. The van der Waals surface area contributed by atoms with Crippen molar-refractivity contribution in [3.63, 3.8) is 0 Å². The topological polar surface area (TPSA) is 44.7 Å². The third-order valence-corrected chi connectivity index (χ3v) is 4.86. The molecule has 128 valence electrons. The number of anilines is 1. The molecule has 1 aliphatic heterocycles. The number of aliphatic imine (C=N–C) groups is 1. The minimum Gasteiger partial charge on any atom is -0.378 e. The first-order chi connectivity index (χ1) is 12.1. The van der Waals surface area contributed by atoms with Crippen molar-refractivity contribution in [3.05, 3.63) is 64.6 Å². The summed E-state index contributed by atoms with van der Waals surface area (Å²) < 4.78 is 0. The van der Waals surface area contributed by atoms with Gasteiger partial charge in [-0.25, -0.2) is 4.99 Å². The van der Waals surface area contributed by atoms with Gasteiger partial charge in [-0.15, -0.1) is 0 Å². The van der Waals surface area contributed by atoms with Gasteiger partial charge in [0.25, 0.3) is 5.91 Å². The zero-order valence-electron chi connectivity index (χ0n) is 14.6. The summed E-state index contributed by atoms with van der Waals surface area (Å²) in [6, 6.07) is 16.1. The fraction of sp³-hybridized carbons (Fsp3) is 0.200. The lowest BCUT2D eigenvalue weighted by Crippen LogP contribution is -2.19. The van der Waals surface area contributed by atoms with Crippen LogP contribution in [0.1, 0.15) is 18.1 Å². The van der Waals surface area contributed by atoms with Gasteiger partial charge in [0, 0.05) is 19.8 Å². The molecule has 0 bridgehead atoms. The van der Waals surface area contributed by atoms with Crippen LogP contribution in [-0.2, 0) is 11.2 Å². The number of para-hydroxylation sites is 1. The van der Waals surface area contributed by atoms with Crippen molar-refractivity contribution in [2.45, 2.75) is 13.3 Å². The summed E-state index contributed by atoms with van der Waals surface area (Å²) >= 11 is 1.38. The summed E-state index contributed by atoms with van der Waals surface area (Å²) in [5, 5.41) is 3.48. The smallest absolute Gasteiger partial charge is 0.264 e. The minimum atomic E-state index is -0.102. The van der Waals surface area contributed by atoms with Crippen LogP contribution in [0.2, 0.25) is 0 Å². The second-order valence-corrected chi connectivity index (χ2v) is 6.98. The third kappa shape index (κ3) is 4.12. The lowest BCUT2D eigenvalue weighted by Gasteiger charge is -2.11. The molecule has 3 rings (SSSR count). The monoisotopic (exact) mass is 351 g/mol. The molecule has 0 saturated carbocycles. The Bertz CT molecular complexity index is 838. The summed E-state index contributed by atoms with van der Waals surface area (Å²) in [4.78, 5) is 19.5. The van der Waals surface area contributed by atoms with Gasteiger partial charge in [-0.1, -0.05) is 37.3 Å². The first-order valence-corrected chi connectivity index (χ1v) is 9.03. The second kappa shape index (κ2) is 7.57. The van der Waals surface area contributed by atoms with Gasteiger partial charge in [0.15, 0.2) is 5.17 Å². The molecule has 0 aliphatic carbocycles. The number of benzene rings is 2. The SMILES string of the molecule is CCc1ccccc1N=C1NC(=O)/C(=C\c2ccc(N(C)C)cc2)S1. The number of hydrogen-bond donors (Lipinski definition) is 1. The zero-order valence-corrected chi connectivity index (χ0v) is 15.4. The van der Waals surface area contributed by atoms with Crippen molar-refractivity contribution in [2.75, 3.05) is 19.0 Å². The molecule has 2 aromatic carbocycles. The maximum atomic E-state index is 12.2. The maximum absolute atomic E-state index is 12.2. The average Bonchev–Trinajstić information content (AvgIpc) is 2.95. The largest absolute Gasteiger partial charge is 0.378 e. The second-order valence-electron chi connectivity index (χ2n) is 5.95. The number of amides is 1. The molecular weight excluding hydrogens is 330 g/mol. The molecule has 1 fully saturated rings. The highest BCUT2D eigenvalue weighted by Gasteiger charge is 2.24. The van der Waals surface area contributed by atoms with Gasteiger partial charge in [-0.3, -0.25) is 4.79 Å². The van der Waals surface area contributed by atoms with Crippen LogP contribution < -0.4 is 10.2 Å². The van der Waals surface area contributed by atoms with Crippen LogP contribution in [0.15, 0.2) is 58.4 Å². The van der Waals surface area contributed by atoms with Crippen LogP contribution in [0, 0.1) is 0 Å². The molecule has 0 atom stereocenters. The molecule has 0 spiro atoms. The molecule has 1 heterocycles. The lowest BCUT2D eigenvalue weighted by molar-refractivity contribution is -0.115. The summed E-state index contributed by atoms with van der Waals surface area (Å²) in [6.07, 6.45) is 2.81. The Balaban J connectivity index is 1.81. The van der Waals surface area contributed by atoms with Crippen molar-refractivity contribution in [1.29, 1.82) is 0 Å². The standard InChI is InChI=1S/C20H21N3OS/c1-4-15-7-5-6-8-17(15)21-20-22-19(24)18(25-20)13-14-9-11-16(12-10-14)23(2)3/h5-13H,4H2,1-3H3,(H,21,22,24)/b18-13+. The summed E-state index contributed by atoms with van der Waals surface area (Å²) in [5.41, 5.74) is 4.20. The van der Waals surface area contributed by atoms with Crippen molar-refractivity contribution >= 4 is 40.3 Å². The highest BCUT2D eigenvalue weighted by Crippen LogP contribution is 2.29. The van der Waals surface area contributed by atoms with E-state index in [0.29, 0.717) is 10.1 Å². The van der Waals surface area contributed by atoms with Gasteiger partial charge in [0.2, 0.25) is 0 Å². The fourth-order valence-corrected chi connectivity index (χ4v) is 3.36. The van der Waals surface area contributed by atoms with Gasteiger partial charge < -0.3 is 10.2 Å². The quantitative estimate of drug-likeness (QED) is 0.840. The fourth-order valence-electron chi connectivity index (χ4n) is 2.53. The number of hydrogen-bond acceptors (Lipinski definition) is 4. The highest BCUT2D eigenvalue weighted by atomic mass is 32.2. The third-order valence-electron chi connectivity index (χ3n) is 3.95. The maximum Gasteiger partial charge on any atom is 0.264 e. The number of carbonyl (C=O) groups is 1. The molecule has 0 radical (unpaired) electrons. The van der Waals surface area contributed by atoms with Crippen molar-refractivity contribution in [2.24, 2.45) is 4.99 Å². The van der Waals surface area contributed by atoms with E-state index in [0.717, 1.165) is 23.4 Å². The molecular formula is C20H21N3OS. The number of rotatable bonds is 4. The first-order valence-electron chi connectivity index (χ1n) is 8.21. The molecule has 2 aromatic rings. The van der Waals surface area contributed by atoms with E-state index in [4.69, 9.17) is 0 Å². The van der Waals surface area contributed by atoms with Crippen molar-refractivity contribution in [3.8, 4) is 0 Å². The molecule has 0 aromatic heterocycles. The van der Waals surface area contributed by atoms with Gasteiger partial charge in [0.05, 0.1) is 10.6 Å². The van der Waals surface area contributed by atoms with Gasteiger partial charge in [-0.2, -0.15) is 0 Å². The first kappa shape index (κ1) is 17.3. The number of carbonyl (C=O) groups excluding carboxylic acids is 1. The Morgan fingerprint density at radius 3 is 2.52 bits per heavy atom. The number of amidine groups is 1. The Hall–Kier alpha value is -2.53. The van der Waals surface area contributed by atoms with E-state index in [1.165, 1.54) is 17.3 Å². The van der Waals surface area contributed by atoms with E-state index in [1.807, 2.05) is 67.5 Å². The molecule has 1 aliphatic rings. The van der Waals surface area contributed by atoms with Crippen LogP contribution in [0.4, 0.5) is 11.4 Å². The van der Waals surface area contributed by atoms with E-state index in [9.17, 15) is 4.79 Å². The van der Waals surface area contributed by atoms with E-state index in [1.54, 1.807) is 0 Å². The predicted molar refractivity (Wildman–Crippen MR) is 107 cm³/mol. The Labute approximate surface area is 152 Å². The summed E-state index contributed by atoms with van der Waals surface area (Å²) in [7, 11) is 4.01. The van der Waals surface area contributed by atoms with Gasteiger partial charge in [-0.05, 0) is 53.6 Å². The number of nitrogens with one attached hydrogen (secondary N) is 1. The zero-order chi connectivity index (χ0) is 17.8. The molecule has 1 amide bonds. The molecule has 4 nitrogen and oxygen atoms in total. The normalized spacial score (nSPS) is 17.2. The Kier molecular flexibility index (Phi) is 5.24. The number of thioether (sulfide) groups is 1. The molecule has 1 saturated heterocycles. The van der Waals surface area contributed by atoms with E-state index >= 15 is 0 Å². The van der Waals surface area contributed by atoms with Crippen LogP contribution >= 0.6 is 11.8 Å². The minimum absolute atomic E-state index is 0.102. The van der Waals surface area contributed by atoms with Crippen LogP contribution in [0.5, 0.6) is 0 Å².